The molecule has 1 aromatic rings. The Labute approximate surface area is 112 Å². The van der Waals surface area contributed by atoms with Gasteiger partial charge in [0.25, 0.3) is 0 Å². The monoisotopic (exact) mass is 266 g/mol. The lowest BCUT2D eigenvalue weighted by Crippen LogP contribution is -2.43. The van der Waals surface area contributed by atoms with E-state index < -0.39 is 16.8 Å². The number of alkyl halides is 1. The van der Waals surface area contributed by atoms with Crippen molar-refractivity contribution in [2.45, 2.75) is 24.8 Å². The molecule has 0 heterocycles. The van der Waals surface area contributed by atoms with Crippen LogP contribution in [0.1, 0.15) is 24.8 Å². The quantitative estimate of drug-likeness (QED) is 0.851. The number of carbonyl (C=O) groups excluding carboxylic acids is 1. The van der Waals surface area contributed by atoms with Gasteiger partial charge in [0.2, 0.25) is 5.91 Å². The average molecular weight is 267 g/mol. The molecule has 0 aromatic heterocycles. The van der Waals surface area contributed by atoms with Gasteiger partial charge in [-0.25, -0.2) is 0 Å². The molecule has 0 bridgehead atoms. The summed E-state index contributed by atoms with van der Waals surface area (Å²) in [4.78, 5) is 11.8. The van der Waals surface area contributed by atoms with Gasteiger partial charge in [0.05, 0.1) is 13.2 Å². The van der Waals surface area contributed by atoms with Crippen molar-refractivity contribution in [3.63, 3.8) is 0 Å². The highest BCUT2D eigenvalue weighted by Gasteiger charge is 2.25. The van der Waals surface area contributed by atoms with Crippen LogP contribution in [0, 0.1) is 11.3 Å². The number of nitrogens with zero attached hydrogens (tertiary/aromatic N) is 1. The van der Waals surface area contributed by atoms with Crippen molar-refractivity contribution in [3.05, 3.63) is 29.8 Å². The van der Waals surface area contributed by atoms with Crippen LogP contribution in [0.5, 0.6) is 5.75 Å². The third-order valence-corrected chi connectivity index (χ3v) is 2.80. The lowest BCUT2D eigenvalue weighted by atomic mass is 10.1. The molecule has 0 saturated heterocycles. The van der Waals surface area contributed by atoms with Gasteiger partial charge in [0.15, 0.2) is 0 Å². The first-order chi connectivity index (χ1) is 8.39. The molecular formula is C13H15ClN2O2. The van der Waals surface area contributed by atoms with Crippen molar-refractivity contribution in [1.82, 2.24) is 5.32 Å². The van der Waals surface area contributed by atoms with Gasteiger partial charge in [-0.05, 0) is 31.5 Å². The molecule has 0 aliphatic carbocycles. The highest BCUT2D eigenvalue weighted by atomic mass is 35.5. The van der Waals surface area contributed by atoms with Crippen LogP contribution in [-0.4, -0.2) is 18.6 Å². The average Bonchev–Trinajstić information content (AvgIpc) is 2.37. The maximum Gasteiger partial charge on any atom is 0.243 e. The zero-order chi connectivity index (χ0) is 13.8. The van der Waals surface area contributed by atoms with Crippen LogP contribution in [0.25, 0.3) is 0 Å². The second-order valence-corrected chi connectivity index (χ2v) is 4.80. The van der Waals surface area contributed by atoms with Gasteiger partial charge < -0.3 is 10.1 Å². The number of benzene rings is 1. The van der Waals surface area contributed by atoms with Crippen LogP contribution in [0.15, 0.2) is 24.3 Å². The summed E-state index contributed by atoms with van der Waals surface area (Å²) >= 11 is 6.05. The van der Waals surface area contributed by atoms with Crippen LogP contribution >= 0.6 is 11.6 Å². The zero-order valence-corrected chi connectivity index (χ0v) is 11.3. The number of rotatable bonds is 4. The van der Waals surface area contributed by atoms with Gasteiger partial charge in [-0.2, -0.15) is 5.26 Å². The number of hydrogen-bond acceptors (Lipinski definition) is 3. The van der Waals surface area contributed by atoms with Gasteiger partial charge in [0.1, 0.15) is 16.7 Å². The molecule has 1 N–H and O–H groups in total. The summed E-state index contributed by atoms with van der Waals surface area (Å²) in [7, 11) is 1.56. The number of methoxy groups -OCH3 is 1. The zero-order valence-electron chi connectivity index (χ0n) is 10.5. The van der Waals surface area contributed by atoms with Gasteiger partial charge in [-0.3, -0.25) is 4.79 Å². The van der Waals surface area contributed by atoms with Crippen molar-refractivity contribution in [2.75, 3.05) is 7.11 Å². The predicted molar refractivity (Wildman–Crippen MR) is 69.4 cm³/mol. The van der Waals surface area contributed by atoms with E-state index in [9.17, 15) is 4.79 Å². The van der Waals surface area contributed by atoms with E-state index in [2.05, 4.69) is 5.32 Å². The molecule has 0 spiro atoms. The normalized spacial score (nSPS) is 12.4. The smallest absolute Gasteiger partial charge is 0.243 e. The standard InChI is InChI=1S/C13H15ClN2O2/c1-13(2,8-15)16-12(17)11(14)9-4-6-10(18-3)7-5-9/h4-7,11H,1-3H3,(H,16,17). The summed E-state index contributed by atoms with van der Waals surface area (Å²) in [6.45, 7) is 3.23. The molecule has 0 aliphatic heterocycles. The number of carbonyl (C=O) groups is 1. The minimum absolute atomic E-state index is 0.395. The van der Waals surface area contributed by atoms with Crippen LogP contribution in [0.2, 0.25) is 0 Å². The molecule has 1 rings (SSSR count). The maximum atomic E-state index is 11.8. The topological polar surface area (TPSA) is 62.1 Å². The number of halogens is 1. The molecule has 18 heavy (non-hydrogen) atoms. The number of nitriles is 1. The maximum absolute atomic E-state index is 11.8. The Hall–Kier alpha value is -1.73. The van der Waals surface area contributed by atoms with Crippen molar-refractivity contribution in [3.8, 4) is 11.8 Å². The van der Waals surface area contributed by atoms with Crippen LogP contribution in [-0.2, 0) is 4.79 Å². The van der Waals surface area contributed by atoms with Crippen molar-refractivity contribution >= 4 is 17.5 Å². The fourth-order valence-corrected chi connectivity index (χ4v) is 1.52. The first-order valence-corrected chi connectivity index (χ1v) is 5.84. The van der Waals surface area contributed by atoms with E-state index in [-0.39, 0.29) is 0 Å². The minimum atomic E-state index is -0.934. The molecule has 0 radical (unpaired) electrons. The Bertz CT molecular complexity index is 463. The number of nitrogens with one attached hydrogen (secondary N) is 1. The third kappa shape index (κ3) is 3.64. The molecule has 96 valence electrons. The fourth-order valence-electron chi connectivity index (χ4n) is 1.32. The first kappa shape index (κ1) is 14.3. The number of amides is 1. The third-order valence-electron chi connectivity index (χ3n) is 2.35. The summed E-state index contributed by atoms with van der Waals surface area (Å²) in [5, 5.41) is 10.6. The molecule has 4 nitrogen and oxygen atoms in total. The summed E-state index contributed by atoms with van der Waals surface area (Å²) < 4.78 is 5.02. The van der Waals surface area contributed by atoms with Crippen LogP contribution in [0.4, 0.5) is 0 Å². The summed E-state index contributed by atoms with van der Waals surface area (Å²) in [5.74, 6) is 0.300. The summed E-state index contributed by atoms with van der Waals surface area (Å²) in [6.07, 6.45) is 0. The van der Waals surface area contributed by atoms with Gasteiger partial charge >= 0.3 is 0 Å². The summed E-state index contributed by atoms with van der Waals surface area (Å²) in [5.41, 5.74) is -0.278. The van der Waals surface area contributed by atoms with E-state index in [0.29, 0.717) is 11.3 Å². The molecule has 0 saturated carbocycles. The number of ether oxygens (including phenoxy) is 1. The molecule has 1 atom stereocenters. The Morgan fingerprint density at radius 2 is 2.00 bits per heavy atom. The Kier molecular flexibility index (Phi) is 4.57. The molecule has 0 fully saturated rings. The van der Waals surface area contributed by atoms with E-state index >= 15 is 0 Å². The molecular weight excluding hydrogens is 252 g/mol. The van der Waals surface area contributed by atoms with E-state index in [1.165, 1.54) is 0 Å². The van der Waals surface area contributed by atoms with E-state index in [1.54, 1.807) is 45.2 Å². The lowest BCUT2D eigenvalue weighted by molar-refractivity contribution is -0.121. The lowest BCUT2D eigenvalue weighted by Gasteiger charge is -2.20. The number of hydrogen-bond donors (Lipinski definition) is 1. The second-order valence-electron chi connectivity index (χ2n) is 4.36. The minimum Gasteiger partial charge on any atom is -0.497 e. The predicted octanol–water partition coefficient (Wildman–Crippen LogP) is 2.39. The largest absolute Gasteiger partial charge is 0.497 e. The first-order valence-electron chi connectivity index (χ1n) is 5.41. The molecule has 0 aliphatic rings. The van der Waals surface area contributed by atoms with Gasteiger partial charge in [-0.15, -0.1) is 11.6 Å². The van der Waals surface area contributed by atoms with E-state index in [1.807, 2.05) is 6.07 Å². The van der Waals surface area contributed by atoms with Crippen LogP contribution in [0.3, 0.4) is 0 Å². The Balaban J connectivity index is 2.77. The second kappa shape index (κ2) is 5.74. The van der Waals surface area contributed by atoms with Crippen molar-refractivity contribution in [1.29, 1.82) is 5.26 Å². The van der Waals surface area contributed by atoms with Crippen molar-refractivity contribution < 1.29 is 9.53 Å². The SMILES string of the molecule is COc1ccc(C(Cl)C(=O)NC(C)(C)C#N)cc1. The fraction of sp³-hybridized carbons (Fsp3) is 0.385. The molecule has 1 unspecified atom stereocenters. The summed E-state index contributed by atoms with van der Waals surface area (Å²) in [6, 6.07) is 8.88. The molecule has 1 aromatic carbocycles. The van der Waals surface area contributed by atoms with Crippen molar-refractivity contribution in [2.24, 2.45) is 0 Å². The highest BCUT2D eigenvalue weighted by molar-refractivity contribution is 6.30. The van der Waals surface area contributed by atoms with E-state index in [0.717, 1.165) is 0 Å². The highest BCUT2D eigenvalue weighted by Crippen LogP contribution is 2.23. The molecule has 5 heteroatoms. The van der Waals surface area contributed by atoms with Crippen LogP contribution < -0.4 is 10.1 Å². The Morgan fingerprint density at radius 1 is 1.44 bits per heavy atom. The molecule has 1 amide bonds. The van der Waals surface area contributed by atoms with E-state index in [4.69, 9.17) is 21.6 Å². The Morgan fingerprint density at radius 3 is 2.44 bits per heavy atom. The van der Waals surface area contributed by atoms with Gasteiger partial charge in [0, 0.05) is 0 Å². The van der Waals surface area contributed by atoms with Gasteiger partial charge in [-0.1, -0.05) is 12.1 Å².